The summed E-state index contributed by atoms with van der Waals surface area (Å²) in [5, 5.41) is 0.129. The monoisotopic (exact) mass is 497 g/mol. The molecule has 9 heteroatoms. The van der Waals surface area contributed by atoms with Gasteiger partial charge in [-0.2, -0.15) is 4.98 Å². The maximum absolute atomic E-state index is 12.6. The highest BCUT2D eigenvalue weighted by atomic mass is 28.4. The fourth-order valence-electron chi connectivity index (χ4n) is 3.57. The minimum Gasteiger partial charge on any atom is -0.414 e. The minimum atomic E-state index is -2.12. The van der Waals surface area contributed by atoms with E-state index in [1.165, 1.54) is 4.57 Å². The molecule has 2 rings (SSSR count). The SMILES string of the molecule is CC(C)[C@]1(CO[Si](C)(C)C(C)(C)C)O[C@@H](n2ccc(N)nc2=O)C[C@@H]1O[Si](C)(C)C(C)(C)C. The number of anilines is 1. The molecule has 0 aromatic carbocycles. The zero-order chi connectivity index (χ0) is 25.6. The predicted octanol–water partition coefficient (Wildman–Crippen LogP) is 5.55. The van der Waals surface area contributed by atoms with Crippen LogP contribution < -0.4 is 11.4 Å². The van der Waals surface area contributed by atoms with Crippen molar-refractivity contribution in [2.75, 3.05) is 12.3 Å². The van der Waals surface area contributed by atoms with Crippen molar-refractivity contribution >= 4 is 22.5 Å². The van der Waals surface area contributed by atoms with Gasteiger partial charge in [-0.3, -0.25) is 4.57 Å². The van der Waals surface area contributed by atoms with Gasteiger partial charge < -0.3 is 19.3 Å². The number of hydrogen-bond acceptors (Lipinski definition) is 6. The third kappa shape index (κ3) is 5.81. The third-order valence-electron chi connectivity index (χ3n) is 8.16. The van der Waals surface area contributed by atoms with Crippen molar-refractivity contribution in [3.63, 3.8) is 0 Å². The van der Waals surface area contributed by atoms with Gasteiger partial charge in [0.05, 0.1) is 12.7 Å². The van der Waals surface area contributed by atoms with E-state index >= 15 is 0 Å². The molecule has 0 saturated carbocycles. The van der Waals surface area contributed by atoms with E-state index in [0.717, 1.165) is 0 Å². The molecule has 2 heterocycles. The summed E-state index contributed by atoms with van der Waals surface area (Å²) in [7, 11) is -4.15. The molecular formula is C24H47N3O4Si2. The molecule has 190 valence electrons. The van der Waals surface area contributed by atoms with Crippen molar-refractivity contribution in [3.05, 3.63) is 22.7 Å². The highest BCUT2D eigenvalue weighted by molar-refractivity contribution is 6.74. The summed E-state index contributed by atoms with van der Waals surface area (Å²) in [6.07, 6.45) is 1.56. The zero-order valence-corrected chi connectivity index (χ0v) is 24.9. The summed E-state index contributed by atoms with van der Waals surface area (Å²) >= 11 is 0. The fourth-order valence-corrected chi connectivity index (χ4v) is 5.95. The molecule has 0 spiro atoms. The van der Waals surface area contributed by atoms with Crippen LogP contribution >= 0.6 is 0 Å². The number of nitrogen functional groups attached to an aromatic ring is 1. The Labute approximate surface area is 202 Å². The first-order valence-electron chi connectivity index (χ1n) is 12.1. The normalized spacial score (nSPS) is 25.1. The average molecular weight is 498 g/mol. The van der Waals surface area contributed by atoms with Crippen LogP contribution in [0.25, 0.3) is 0 Å². The lowest BCUT2D eigenvalue weighted by molar-refractivity contribution is -0.147. The number of aromatic nitrogens is 2. The minimum absolute atomic E-state index is 0.0493. The lowest BCUT2D eigenvalue weighted by Gasteiger charge is -2.46. The Bertz CT molecular complexity index is 887. The molecule has 0 amide bonds. The molecule has 1 aliphatic heterocycles. The van der Waals surface area contributed by atoms with Gasteiger partial charge in [-0.05, 0) is 48.2 Å². The van der Waals surface area contributed by atoms with Gasteiger partial charge in [0, 0.05) is 12.6 Å². The molecule has 3 atom stereocenters. The molecule has 1 saturated heterocycles. The van der Waals surface area contributed by atoms with Crippen LogP contribution in [0.4, 0.5) is 5.82 Å². The molecule has 1 aromatic heterocycles. The van der Waals surface area contributed by atoms with Crippen LogP contribution in [0, 0.1) is 5.92 Å². The van der Waals surface area contributed by atoms with Gasteiger partial charge in [0.2, 0.25) is 0 Å². The highest BCUT2D eigenvalue weighted by Gasteiger charge is 2.56. The smallest absolute Gasteiger partial charge is 0.351 e. The number of hydrogen-bond donors (Lipinski definition) is 1. The number of nitrogens with zero attached hydrogens (tertiary/aromatic N) is 2. The first-order chi connectivity index (χ1) is 14.7. The van der Waals surface area contributed by atoms with Gasteiger partial charge in [-0.25, -0.2) is 4.79 Å². The van der Waals surface area contributed by atoms with E-state index in [9.17, 15) is 4.79 Å². The quantitative estimate of drug-likeness (QED) is 0.497. The van der Waals surface area contributed by atoms with Crippen LogP contribution in [0.2, 0.25) is 36.3 Å². The summed E-state index contributed by atoms with van der Waals surface area (Å²) in [4.78, 5) is 16.6. The van der Waals surface area contributed by atoms with E-state index in [1.54, 1.807) is 12.3 Å². The van der Waals surface area contributed by atoms with Crippen molar-refractivity contribution in [2.45, 2.75) is 116 Å². The van der Waals surface area contributed by atoms with E-state index in [-0.39, 0.29) is 27.9 Å². The first-order valence-corrected chi connectivity index (χ1v) is 17.9. The fraction of sp³-hybridized carbons (Fsp3) is 0.833. The molecule has 7 nitrogen and oxygen atoms in total. The Morgan fingerprint density at radius 1 is 1.15 bits per heavy atom. The summed E-state index contributed by atoms with van der Waals surface area (Å²) in [5.74, 6) is 0.333. The summed E-state index contributed by atoms with van der Waals surface area (Å²) in [6, 6.07) is 1.63. The Balaban J connectivity index is 2.51. The molecule has 0 unspecified atom stereocenters. The molecule has 1 aliphatic rings. The lowest BCUT2D eigenvalue weighted by Crippen LogP contribution is -2.57. The van der Waals surface area contributed by atoms with Gasteiger partial charge in [-0.15, -0.1) is 0 Å². The molecule has 1 fully saturated rings. The van der Waals surface area contributed by atoms with Gasteiger partial charge in [0.1, 0.15) is 17.6 Å². The lowest BCUT2D eigenvalue weighted by atomic mass is 9.86. The van der Waals surface area contributed by atoms with E-state index in [1.807, 2.05) is 0 Å². The largest absolute Gasteiger partial charge is 0.414 e. The molecule has 0 aliphatic carbocycles. The molecule has 0 radical (unpaired) electrons. The number of rotatable bonds is 7. The summed E-state index contributed by atoms with van der Waals surface area (Å²) < 4.78 is 22.0. The van der Waals surface area contributed by atoms with Crippen molar-refractivity contribution in [2.24, 2.45) is 5.92 Å². The number of ether oxygens (including phenoxy) is 1. The Morgan fingerprint density at radius 3 is 2.15 bits per heavy atom. The Morgan fingerprint density at radius 2 is 1.70 bits per heavy atom. The molecule has 2 N–H and O–H groups in total. The second kappa shape index (κ2) is 9.22. The van der Waals surface area contributed by atoms with Crippen LogP contribution in [0.1, 0.15) is 68.0 Å². The van der Waals surface area contributed by atoms with E-state index in [4.69, 9.17) is 19.3 Å². The summed E-state index contributed by atoms with van der Waals surface area (Å²) in [6.45, 7) is 27.2. The van der Waals surface area contributed by atoms with Crippen LogP contribution in [-0.4, -0.2) is 44.5 Å². The molecule has 0 bridgehead atoms. The van der Waals surface area contributed by atoms with Gasteiger partial charge >= 0.3 is 5.69 Å². The topological polar surface area (TPSA) is 88.6 Å². The second-order valence-corrected chi connectivity index (χ2v) is 22.4. The van der Waals surface area contributed by atoms with E-state index in [2.05, 4.69) is 86.6 Å². The first kappa shape index (κ1) is 28.2. The van der Waals surface area contributed by atoms with Gasteiger partial charge in [0.15, 0.2) is 16.6 Å². The van der Waals surface area contributed by atoms with Crippen LogP contribution in [0.5, 0.6) is 0 Å². The van der Waals surface area contributed by atoms with Crippen LogP contribution in [0.3, 0.4) is 0 Å². The van der Waals surface area contributed by atoms with Crippen LogP contribution in [0.15, 0.2) is 17.1 Å². The van der Waals surface area contributed by atoms with Crippen LogP contribution in [-0.2, 0) is 13.6 Å². The van der Waals surface area contributed by atoms with Crippen molar-refractivity contribution in [1.82, 2.24) is 9.55 Å². The summed E-state index contributed by atoms with van der Waals surface area (Å²) in [5.41, 5.74) is 4.65. The highest BCUT2D eigenvalue weighted by Crippen LogP contribution is 2.48. The number of nitrogens with two attached hydrogens (primary N) is 1. The van der Waals surface area contributed by atoms with E-state index < -0.39 is 34.2 Å². The molecule has 33 heavy (non-hydrogen) atoms. The molecular weight excluding hydrogens is 450 g/mol. The van der Waals surface area contributed by atoms with Gasteiger partial charge in [-0.1, -0.05) is 55.4 Å². The molecule has 1 aromatic rings. The predicted molar refractivity (Wildman–Crippen MR) is 140 cm³/mol. The Kier molecular flexibility index (Phi) is 7.89. The third-order valence-corrected chi connectivity index (χ3v) is 17.1. The van der Waals surface area contributed by atoms with E-state index in [0.29, 0.717) is 13.0 Å². The van der Waals surface area contributed by atoms with Crippen molar-refractivity contribution in [1.29, 1.82) is 0 Å². The standard InChI is InChI=1S/C24H47N3O4Si2/c1-17(2)24(16-29-32(9,10)22(3,4)5)18(31-33(11,12)23(6,7)8)15-20(30-24)27-14-13-19(25)26-21(27)28/h13-14,17-18,20H,15-16H2,1-12H3,(H2,25,26,28)/t18-,20+,24-/m0/s1. The van der Waals surface area contributed by atoms with Crippen molar-refractivity contribution in [3.8, 4) is 0 Å². The van der Waals surface area contributed by atoms with Crippen molar-refractivity contribution < 1.29 is 13.6 Å². The maximum atomic E-state index is 12.6. The average Bonchev–Trinajstić information content (AvgIpc) is 2.97. The Hall–Kier alpha value is -1.01. The van der Waals surface area contributed by atoms with Gasteiger partial charge in [0.25, 0.3) is 0 Å². The second-order valence-electron chi connectivity index (χ2n) is 12.9. The maximum Gasteiger partial charge on any atom is 0.351 e. The zero-order valence-electron chi connectivity index (χ0n) is 22.9.